The lowest BCUT2D eigenvalue weighted by Crippen LogP contribution is -2.66. The number of rotatable bonds is 3. The highest BCUT2D eigenvalue weighted by Gasteiger charge is 2.60. The van der Waals surface area contributed by atoms with E-state index in [2.05, 4.69) is 20.7 Å². The van der Waals surface area contributed by atoms with Gasteiger partial charge >= 0.3 is 0 Å². The van der Waals surface area contributed by atoms with Crippen LogP contribution in [0.3, 0.4) is 0 Å². The molecule has 2 atom stereocenters. The van der Waals surface area contributed by atoms with Gasteiger partial charge in [0.05, 0.1) is 11.1 Å². The van der Waals surface area contributed by atoms with Crippen LogP contribution in [-0.2, 0) is 5.54 Å². The highest BCUT2D eigenvalue weighted by molar-refractivity contribution is 5.98. The third-order valence-corrected chi connectivity index (χ3v) is 6.99. The van der Waals surface area contributed by atoms with Crippen molar-refractivity contribution in [2.24, 2.45) is 11.8 Å². The van der Waals surface area contributed by atoms with Gasteiger partial charge in [0.15, 0.2) is 17.8 Å². The van der Waals surface area contributed by atoms with E-state index in [9.17, 15) is 4.79 Å². The second-order valence-corrected chi connectivity index (χ2v) is 8.97. The molecule has 28 heavy (non-hydrogen) atoms. The van der Waals surface area contributed by atoms with E-state index in [4.69, 9.17) is 9.47 Å². The van der Waals surface area contributed by atoms with Crippen LogP contribution in [0.4, 0.5) is 0 Å². The van der Waals surface area contributed by atoms with Gasteiger partial charge in [-0.25, -0.2) is 0 Å². The number of amides is 1. The maximum atomic E-state index is 13.3. The van der Waals surface area contributed by atoms with Gasteiger partial charge < -0.3 is 14.8 Å². The Labute approximate surface area is 162 Å². The molecule has 4 bridgehead atoms. The lowest BCUT2D eigenvalue weighted by molar-refractivity contribution is -0.0810. The molecule has 8 nitrogen and oxygen atoms in total. The Balaban J connectivity index is 1.33. The first kappa shape index (κ1) is 16.3. The number of nitrogens with zero attached hydrogens (tertiary/aromatic N) is 4. The molecule has 2 unspecified atom stereocenters. The molecule has 1 aliphatic heterocycles. The van der Waals surface area contributed by atoms with E-state index in [0.29, 0.717) is 42.1 Å². The van der Waals surface area contributed by atoms with E-state index < -0.39 is 0 Å². The predicted molar refractivity (Wildman–Crippen MR) is 98.1 cm³/mol. The third-order valence-electron chi connectivity index (χ3n) is 6.99. The summed E-state index contributed by atoms with van der Waals surface area (Å²) < 4.78 is 11.4. The number of aromatic nitrogens is 4. The van der Waals surface area contributed by atoms with Gasteiger partial charge in [-0.05, 0) is 67.7 Å². The molecule has 1 amide bonds. The molecule has 2 aromatic rings. The zero-order chi connectivity index (χ0) is 18.8. The van der Waals surface area contributed by atoms with Crippen LogP contribution in [-0.4, -0.2) is 44.9 Å². The van der Waals surface area contributed by atoms with Gasteiger partial charge in [0.25, 0.3) is 5.91 Å². The van der Waals surface area contributed by atoms with Crippen molar-refractivity contribution >= 4 is 5.91 Å². The first-order valence-electron chi connectivity index (χ1n) is 10.1. The van der Waals surface area contributed by atoms with E-state index in [1.54, 1.807) is 0 Å². The van der Waals surface area contributed by atoms with Crippen LogP contribution in [0.15, 0.2) is 24.5 Å². The second kappa shape index (κ2) is 5.68. The van der Waals surface area contributed by atoms with E-state index in [1.807, 2.05) is 23.0 Å². The highest BCUT2D eigenvalue weighted by atomic mass is 16.6. The highest BCUT2D eigenvalue weighted by Crippen LogP contribution is 2.60. The quantitative estimate of drug-likeness (QED) is 0.874. The number of carbonyl (C=O) groups excluding carboxylic acids is 1. The normalized spacial score (nSPS) is 35.0. The number of nitrogens with one attached hydrogen (secondary N) is 1. The van der Waals surface area contributed by atoms with E-state index >= 15 is 0 Å². The van der Waals surface area contributed by atoms with Crippen LogP contribution >= 0.6 is 0 Å². The van der Waals surface area contributed by atoms with Crippen molar-refractivity contribution in [1.29, 1.82) is 0 Å². The molecule has 4 fully saturated rings. The number of fused-ring (bicyclic) bond motifs is 1. The van der Waals surface area contributed by atoms with Gasteiger partial charge in [0, 0.05) is 5.54 Å². The van der Waals surface area contributed by atoms with Gasteiger partial charge in [-0.2, -0.15) is 4.80 Å². The SMILES string of the molecule is O=C(NC12CC3CC(C1)CC(n1ncnn1)(C3)C2)c1cccc2c1OCCO2. The summed E-state index contributed by atoms with van der Waals surface area (Å²) in [6, 6.07) is 5.52. The lowest BCUT2D eigenvalue weighted by Gasteiger charge is -2.61. The molecule has 5 aliphatic rings. The molecule has 1 N–H and O–H groups in total. The molecular formula is C20H23N5O3. The zero-order valence-electron chi connectivity index (χ0n) is 15.6. The number of benzene rings is 1. The number of hydrogen-bond donors (Lipinski definition) is 1. The summed E-state index contributed by atoms with van der Waals surface area (Å²) in [5.41, 5.74) is 0.220. The van der Waals surface area contributed by atoms with Crippen molar-refractivity contribution in [3.8, 4) is 11.5 Å². The van der Waals surface area contributed by atoms with Gasteiger partial charge in [-0.1, -0.05) is 6.07 Å². The average Bonchev–Trinajstić information content (AvgIpc) is 3.22. The maximum Gasteiger partial charge on any atom is 0.255 e. The molecule has 1 aromatic heterocycles. The number of para-hydroxylation sites is 1. The molecular weight excluding hydrogens is 358 g/mol. The van der Waals surface area contributed by atoms with E-state index in [0.717, 1.165) is 32.1 Å². The number of hydrogen-bond acceptors (Lipinski definition) is 6. The first-order chi connectivity index (χ1) is 13.6. The fraction of sp³-hybridized carbons (Fsp3) is 0.600. The smallest absolute Gasteiger partial charge is 0.255 e. The summed E-state index contributed by atoms with van der Waals surface area (Å²) in [4.78, 5) is 15.1. The summed E-state index contributed by atoms with van der Waals surface area (Å²) in [5, 5.41) is 16.0. The molecule has 4 aliphatic carbocycles. The fourth-order valence-corrected chi connectivity index (χ4v) is 6.54. The maximum absolute atomic E-state index is 13.3. The van der Waals surface area contributed by atoms with Gasteiger partial charge in [-0.15, -0.1) is 10.2 Å². The minimum Gasteiger partial charge on any atom is -0.486 e. The molecule has 2 heterocycles. The molecule has 4 saturated carbocycles. The van der Waals surface area contributed by atoms with Gasteiger partial charge in [-0.3, -0.25) is 4.79 Å². The molecule has 1 aromatic carbocycles. The monoisotopic (exact) mass is 381 g/mol. The topological polar surface area (TPSA) is 91.2 Å². The summed E-state index contributed by atoms with van der Waals surface area (Å²) in [6.07, 6.45) is 7.82. The minimum atomic E-state index is -0.215. The zero-order valence-corrected chi connectivity index (χ0v) is 15.6. The van der Waals surface area contributed by atoms with Crippen LogP contribution in [0.25, 0.3) is 0 Å². The van der Waals surface area contributed by atoms with Crippen molar-refractivity contribution in [1.82, 2.24) is 25.5 Å². The lowest BCUT2D eigenvalue weighted by atomic mass is 9.50. The van der Waals surface area contributed by atoms with Crippen molar-refractivity contribution in [3.63, 3.8) is 0 Å². The molecule has 7 rings (SSSR count). The molecule has 8 heteroatoms. The number of tetrazole rings is 1. The van der Waals surface area contributed by atoms with Crippen LogP contribution in [0.2, 0.25) is 0 Å². The van der Waals surface area contributed by atoms with Crippen LogP contribution in [0.5, 0.6) is 11.5 Å². The Morgan fingerprint density at radius 3 is 2.75 bits per heavy atom. The van der Waals surface area contributed by atoms with E-state index in [-0.39, 0.29) is 17.0 Å². The molecule has 0 saturated heterocycles. The van der Waals surface area contributed by atoms with Crippen molar-refractivity contribution in [2.45, 2.75) is 49.6 Å². The summed E-state index contributed by atoms with van der Waals surface area (Å²) >= 11 is 0. The Hall–Kier alpha value is -2.64. The van der Waals surface area contributed by atoms with Crippen LogP contribution in [0, 0.1) is 11.8 Å². The molecule has 0 radical (unpaired) electrons. The Bertz CT molecular complexity index is 914. The summed E-state index contributed by atoms with van der Waals surface area (Å²) in [5.74, 6) is 2.32. The third kappa shape index (κ3) is 2.36. The fourth-order valence-electron chi connectivity index (χ4n) is 6.54. The van der Waals surface area contributed by atoms with E-state index in [1.165, 1.54) is 12.7 Å². The largest absolute Gasteiger partial charge is 0.486 e. The number of carbonyl (C=O) groups is 1. The van der Waals surface area contributed by atoms with Crippen molar-refractivity contribution < 1.29 is 14.3 Å². The summed E-state index contributed by atoms with van der Waals surface area (Å²) in [7, 11) is 0. The van der Waals surface area contributed by atoms with Gasteiger partial charge in [0.2, 0.25) is 0 Å². The predicted octanol–water partition coefficient (Wildman–Crippen LogP) is 1.92. The minimum absolute atomic E-state index is 0.0778. The van der Waals surface area contributed by atoms with Gasteiger partial charge in [0.1, 0.15) is 13.2 Å². The van der Waals surface area contributed by atoms with Crippen LogP contribution < -0.4 is 14.8 Å². The van der Waals surface area contributed by atoms with Crippen LogP contribution in [0.1, 0.15) is 48.9 Å². The Morgan fingerprint density at radius 2 is 1.96 bits per heavy atom. The Morgan fingerprint density at radius 1 is 1.14 bits per heavy atom. The molecule has 146 valence electrons. The first-order valence-corrected chi connectivity index (χ1v) is 10.1. The second-order valence-electron chi connectivity index (χ2n) is 8.97. The average molecular weight is 381 g/mol. The Kier molecular flexibility index (Phi) is 3.31. The van der Waals surface area contributed by atoms with Crippen molar-refractivity contribution in [3.05, 3.63) is 30.1 Å². The standard InChI is InChI=1S/C20H23N5O3/c26-18(15-2-1-3-16-17(15)28-5-4-27-16)23-19-7-13-6-14(8-19)10-20(9-13,11-19)25-22-12-21-24-25/h1-3,12-14H,4-11H2,(H,23,26). The summed E-state index contributed by atoms with van der Waals surface area (Å²) in [6.45, 7) is 0.979. The molecule has 0 spiro atoms. The number of ether oxygens (including phenoxy) is 2. The van der Waals surface area contributed by atoms with Crippen molar-refractivity contribution in [2.75, 3.05) is 13.2 Å².